The number of piperidine rings is 1. The molecule has 28 heavy (non-hydrogen) atoms. The molecule has 1 spiro atoms. The van der Waals surface area contributed by atoms with E-state index in [4.69, 9.17) is 0 Å². The van der Waals surface area contributed by atoms with Crippen molar-refractivity contribution in [1.29, 1.82) is 0 Å². The highest BCUT2D eigenvalue weighted by molar-refractivity contribution is 7.89. The summed E-state index contributed by atoms with van der Waals surface area (Å²) in [6.07, 6.45) is 5.55. The molecule has 0 N–H and O–H groups in total. The van der Waals surface area contributed by atoms with Gasteiger partial charge in [0.2, 0.25) is 21.8 Å². The molecule has 2 amide bonds. The Morgan fingerprint density at radius 1 is 0.964 bits per heavy atom. The van der Waals surface area contributed by atoms with E-state index < -0.39 is 15.4 Å². The van der Waals surface area contributed by atoms with Crippen molar-refractivity contribution < 1.29 is 18.0 Å². The molecule has 4 aliphatic rings. The number of amides is 2. The lowest BCUT2D eigenvalue weighted by molar-refractivity contribution is -0.143. The third-order valence-electron chi connectivity index (χ3n) is 8.09. The first kappa shape index (κ1) is 20.1. The molecular formula is C20H33N3O4S. The summed E-state index contributed by atoms with van der Waals surface area (Å²) in [6, 6.07) is 0. The fourth-order valence-corrected chi connectivity index (χ4v) is 7.48. The Labute approximate surface area is 168 Å². The number of hydrogen-bond acceptors (Lipinski definition) is 4. The summed E-state index contributed by atoms with van der Waals surface area (Å²) in [6.45, 7) is 7.23. The van der Waals surface area contributed by atoms with Gasteiger partial charge in [-0.3, -0.25) is 9.59 Å². The summed E-state index contributed by atoms with van der Waals surface area (Å²) in [5.74, 6) is 0.589. The Morgan fingerprint density at radius 2 is 1.61 bits per heavy atom. The van der Waals surface area contributed by atoms with Crippen LogP contribution in [-0.4, -0.2) is 79.4 Å². The van der Waals surface area contributed by atoms with Gasteiger partial charge in [-0.2, -0.15) is 0 Å². The monoisotopic (exact) mass is 411 g/mol. The fourth-order valence-electron chi connectivity index (χ4n) is 6.38. The van der Waals surface area contributed by atoms with Gasteiger partial charge >= 0.3 is 0 Å². The molecule has 0 unspecified atom stereocenters. The predicted octanol–water partition coefficient (Wildman–Crippen LogP) is 1.30. The molecule has 3 aliphatic heterocycles. The summed E-state index contributed by atoms with van der Waals surface area (Å²) < 4.78 is 26.2. The summed E-state index contributed by atoms with van der Waals surface area (Å²) in [5, 5.41) is 0. The van der Waals surface area contributed by atoms with Gasteiger partial charge < -0.3 is 9.80 Å². The van der Waals surface area contributed by atoms with E-state index in [1.165, 1.54) is 0 Å². The summed E-state index contributed by atoms with van der Waals surface area (Å²) in [5.41, 5.74) is -0.471. The SMILES string of the molecule is CCS(=O)(=O)N1CCC2(CC1)CC[C@@]1(C(=O)N3CCCC3)CN(C(C)=O)C[C@@H]21. The topological polar surface area (TPSA) is 78.0 Å². The van der Waals surface area contributed by atoms with Crippen LogP contribution in [0.15, 0.2) is 0 Å². The summed E-state index contributed by atoms with van der Waals surface area (Å²) in [4.78, 5) is 29.7. The number of fused-ring (bicyclic) bond motifs is 2. The first-order valence-electron chi connectivity index (χ1n) is 10.8. The molecule has 0 radical (unpaired) electrons. The van der Waals surface area contributed by atoms with Gasteiger partial charge in [-0.15, -0.1) is 0 Å². The molecule has 2 atom stereocenters. The highest BCUT2D eigenvalue weighted by Gasteiger charge is 2.65. The van der Waals surface area contributed by atoms with Crippen molar-refractivity contribution in [2.24, 2.45) is 16.7 Å². The lowest BCUT2D eigenvalue weighted by Gasteiger charge is -2.44. The standard InChI is InChI=1S/C20H33N3O4S/c1-3-28(26,27)23-12-8-19(9-13-23)6-7-20(18(25)21-10-4-5-11-21)15-22(16(2)24)14-17(19)20/h17H,3-15H2,1-2H3/t17-,20+/m0/s1. The third-order valence-corrected chi connectivity index (χ3v) is 9.97. The second kappa shape index (κ2) is 6.97. The fraction of sp³-hybridized carbons (Fsp3) is 0.900. The highest BCUT2D eigenvalue weighted by atomic mass is 32.2. The van der Waals surface area contributed by atoms with Crippen molar-refractivity contribution in [1.82, 2.24) is 14.1 Å². The van der Waals surface area contributed by atoms with Crippen LogP contribution in [0.4, 0.5) is 0 Å². The maximum Gasteiger partial charge on any atom is 0.230 e. The van der Waals surface area contributed by atoms with Crippen LogP contribution in [0.2, 0.25) is 0 Å². The molecule has 0 aromatic carbocycles. The minimum Gasteiger partial charge on any atom is -0.342 e. The number of nitrogens with zero attached hydrogens (tertiary/aromatic N) is 3. The molecular weight excluding hydrogens is 378 g/mol. The lowest BCUT2D eigenvalue weighted by Crippen LogP contribution is -2.50. The van der Waals surface area contributed by atoms with Crippen molar-refractivity contribution >= 4 is 21.8 Å². The first-order valence-corrected chi connectivity index (χ1v) is 12.4. The quantitative estimate of drug-likeness (QED) is 0.701. The Bertz CT molecular complexity index is 753. The molecule has 3 saturated heterocycles. The third kappa shape index (κ3) is 2.98. The van der Waals surface area contributed by atoms with E-state index in [1.807, 2.05) is 9.80 Å². The average molecular weight is 412 g/mol. The zero-order valence-corrected chi connectivity index (χ0v) is 18.0. The van der Waals surface area contributed by atoms with E-state index in [0.29, 0.717) is 26.2 Å². The summed E-state index contributed by atoms with van der Waals surface area (Å²) >= 11 is 0. The van der Waals surface area contributed by atoms with E-state index in [9.17, 15) is 18.0 Å². The lowest BCUT2D eigenvalue weighted by atomic mass is 9.66. The van der Waals surface area contributed by atoms with Gasteiger partial charge in [-0.25, -0.2) is 12.7 Å². The first-order chi connectivity index (χ1) is 13.2. The van der Waals surface area contributed by atoms with Crippen LogP contribution >= 0.6 is 0 Å². The van der Waals surface area contributed by atoms with Crippen LogP contribution in [0.5, 0.6) is 0 Å². The molecule has 7 nitrogen and oxygen atoms in total. The second-order valence-electron chi connectivity index (χ2n) is 9.27. The molecule has 8 heteroatoms. The number of likely N-dealkylation sites (tertiary alicyclic amines) is 2. The molecule has 1 saturated carbocycles. The smallest absolute Gasteiger partial charge is 0.230 e. The molecule has 0 aromatic rings. The van der Waals surface area contributed by atoms with Crippen LogP contribution in [0.25, 0.3) is 0 Å². The Hall–Kier alpha value is -1.15. The van der Waals surface area contributed by atoms with Crippen molar-refractivity contribution in [3.63, 3.8) is 0 Å². The van der Waals surface area contributed by atoms with Gasteiger partial charge in [0.15, 0.2) is 0 Å². The van der Waals surface area contributed by atoms with Crippen LogP contribution in [0.1, 0.15) is 52.4 Å². The van der Waals surface area contributed by atoms with E-state index in [-0.39, 0.29) is 28.9 Å². The van der Waals surface area contributed by atoms with Crippen LogP contribution in [0, 0.1) is 16.7 Å². The maximum atomic E-state index is 13.6. The predicted molar refractivity (Wildman–Crippen MR) is 106 cm³/mol. The maximum absolute atomic E-state index is 13.6. The van der Waals surface area contributed by atoms with E-state index in [1.54, 1.807) is 18.2 Å². The van der Waals surface area contributed by atoms with Gasteiger partial charge in [0, 0.05) is 46.2 Å². The molecule has 1 aliphatic carbocycles. The van der Waals surface area contributed by atoms with Gasteiger partial charge in [0.05, 0.1) is 11.2 Å². The van der Waals surface area contributed by atoms with Gasteiger partial charge in [-0.05, 0) is 56.8 Å². The normalized spacial score (nSPS) is 32.9. The summed E-state index contributed by atoms with van der Waals surface area (Å²) in [7, 11) is -3.16. The molecule has 0 aromatic heterocycles. The van der Waals surface area contributed by atoms with E-state index in [0.717, 1.165) is 51.6 Å². The largest absolute Gasteiger partial charge is 0.342 e. The Morgan fingerprint density at radius 3 is 2.18 bits per heavy atom. The van der Waals surface area contributed by atoms with E-state index >= 15 is 0 Å². The van der Waals surface area contributed by atoms with Gasteiger partial charge in [0.1, 0.15) is 0 Å². The number of sulfonamides is 1. The number of carbonyl (C=O) groups is 2. The number of carbonyl (C=O) groups excluding carboxylic acids is 2. The van der Waals surface area contributed by atoms with Crippen molar-refractivity contribution in [3.8, 4) is 0 Å². The van der Waals surface area contributed by atoms with Crippen LogP contribution < -0.4 is 0 Å². The molecule has 4 rings (SSSR count). The average Bonchev–Trinajstić information content (AvgIpc) is 3.39. The Kier molecular flexibility index (Phi) is 5.01. The zero-order chi connectivity index (χ0) is 20.2. The van der Waals surface area contributed by atoms with Gasteiger partial charge in [0.25, 0.3) is 0 Å². The highest BCUT2D eigenvalue weighted by Crippen LogP contribution is 2.62. The minimum atomic E-state index is -3.16. The molecule has 0 bridgehead atoms. The molecule has 3 heterocycles. The van der Waals surface area contributed by atoms with Gasteiger partial charge in [-0.1, -0.05) is 0 Å². The Balaban J connectivity index is 1.60. The number of hydrogen-bond donors (Lipinski definition) is 0. The second-order valence-corrected chi connectivity index (χ2v) is 11.5. The molecule has 4 fully saturated rings. The molecule has 158 valence electrons. The van der Waals surface area contributed by atoms with Crippen molar-refractivity contribution in [3.05, 3.63) is 0 Å². The van der Waals surface area contributed by atoms with Crippen molar-refractivity contribution in [2.45, 2.75) is 52.4 Å². The zero-order valence-electron chi connectivity index (χ0n) is 17.2. The van der Waals surface area contributed by atoms with Crippen LogP contribution in [0.3, 0.4) is 0 Å². The van der Waals surface area contributed by atoms with Crippen molar-refractivity contribution in [2.75, 3.05) is 45.0 Å². The van der Waals surface area contributed by atoms with Crippen LogP contribution in [-0.2, 0) is 19.6 Å². The van der Waals surface area contributed by atoms with E-state index in [2.05, 4.69) is 0 Å². The minimum absolute atomic E-state index is 0.0145. The number of rotatable bonds is 3.